The third kappa shape index (κ3) is 2.15. The molecule has 0 saturated carbocycles. The molecule has 0 amide bonds. The first-order valence-electron chi connectivity index (χ1n) is 5.78. The summed E-state index contributed by atoms with van der Waals surface area (Å²) in [5.74, 6) is 0.617. The number of aryl methyl sites for hydroxylation is 1. The van der Waals surface area contributed by atoms with Crippen LogP contribution in [0.15, 0.2) is 42.7 Å². The highest BCUT2D eigenvalue weighted by molar-refractivity contribution is 5.44. The number of pyridine rings is 2. The average molecular weight is 239 g/mol. The van der Waals surface area contributed by atoms with Gasteiger partial charge in [-0.15, -0.1) is 5.10 Å². The van der Waals surface area contributed by atoms with Crippen molar-refractivity contribution in [3.05, 3.63) is 54.0 Å². The first-order valence-corrected chi connectivity index (χ1v) is 5.78. The van der Waals surface area contributed by atoms with E-state index < -0.39 is 0 Å². The van der Waals surface area contributed by atoms with Gasteiger partial charge in [-0.25, -0.2) is 4.52 Å². The van der Waals surface area contributed by atoms with E-state index in [2.05, 4.69) is 20.4 Å². The molecule has 18 heavy (non-hydrogen) atoms. The molecule has 3 heterocycles. The van der Waals surface area contributed by atoms with Crippen LogP contribution in [0.4, 0.5) is 5.95 Å². The lowest BCUT2D eigenvalue weighted by Gasteiger charge is -1.99. The summed E-state index contributed by atoms with van der Waals surface area (Å²) in [5, 5.41) is 7.52. The molecule has 5 heteroatoms. The third-order valence-electron chi connectivity index (χ3n) is 2.63. The van der Waals surface area contributed by atoms with Gasteiger partial charge in [0.05, 0.1) is 12.2 Å². The maximum absolute atomic E-state index is 4.38. The van der Waals surface area contributed by atoms with Gasteiger partial charge < -0.3 is 5.32 Å². The quantitative estimate of drug-likeness (QED) is 0.760. The molecule has 0 unspecified atom stereocenters. The van der Waals surface area contributed by atoms with Gasteiger partial charge >= 0.3 is 0 Å². The minimum atomic E-state index is 0.617. The van der Waals surface area contributed by atoms with Gasteiger partial charge in [-0.1, -0.05) is 12.1 Å². The Morgan fingerprint density at radius 1 is 1.22 bits per heavy atom. The number of nitrogens with zero attached hydrogens (tertiary/aromatic N) is 4. The zero-order valence-corrected chi connectivity index (χ0v) is 10.0. The number of nitrogens with one attached hydrogen (secondary N) is 1. The van der Waals surface area contributed by atoms with E-state index in [1.54, 1.807) is 10.7 Å². The topological polar surface area (TPSA) is 55.1 Å². The van der Waals surface area contributed by atoms with Gasteiger partial charge in [-0.05, 0) is 30.7 Å². The van der Waals surface area contributed by atoms with Crippen molar-refractivity contribution in [1.29, 1.82) is 0 Å². The largest absolute Gasteiger partial charge is 0.347 e. The molecule has 0 aliphatic rings. The Morgan fingerprint density at radius 2 is 2.17 bits per heavy atom. The summed E-state index contributed by atoms with van der Waals surface area (Å²) in [4.78, 5) is 8.62. The van der Waals surface area contributed by atoms with Gasteiger partial charge in [-0.2, -0.15) is 4.98 Å². The lowest BCUT2D eigenvalue weighted by Crippen LogP contribution is -2.02. The summed E-state index contributed by atoms with van der Waals surface area (Å²) in [6, 6.07) is 9.80. The lowest BCUT2D eigenvalue weighted by atomic mass is 10.3. The molecule has 0 radical (unpaired) electrons. The summed E-state index contributed by atoms with van der Waals surface area (Å²) in [5.41, 5.74) is 2.96. The molecule has 1 N–H and O–H groups in total. The van der Waals surface area contributed by atoms with Crippen LogP contribution in [0.1, 0.15) is 11.3 Å². The molecule has 3 aromatic rings. The molecule has 0 aliphatic heterocycles. The SMILES string of the molecule is Cc1ccc2nc(NCc3ccccn3)nn2c1. The van der Waals surface area contributed by atoms with Crippen molar-refractivity contribution in [2.45, 2.75) is 13.5 Å². The second-order valence-electron chi connectivity index (χ2n) is 4.12. The number of hydrogen-bond acceptors (Lipinski definition) is 4. The summed E-state index contributed by atoms with van der Waals surface area (Å²) in [7, 11) is 0. The minimum Gasteiger partial charge on any atom is -0.347 e. The zero-order chi connectivity index (χ0) is 12.4. The number of rotatable bonds is 3. The van der Waals surface area contributed by atoms with Gasteiger partial charge in [0.25, 0.3) is 0 Å². The van der Waals surface area contributed by atoms with Crippen molar-refractivity contribution in [2.75, 3.05) is 5.32 Å². The van der Waals surface area contributed by atoms with Crippen molar-refractivity contribution < 1.29 is 0 Å². The van der Waals surface area contributed by atoms with Gasteiger partial charge in [0.1, 0.15) is 0 Å². The van der Waals surface area contributed by atoms with E-state index in [-0.39, 0.29) is 0 Å². The summed E-state index contributed by atoms with van der Waals surface area (Å²) < 4.78 is 1.77. The van der Waals surface area contributed by atoms with Crippen LogP contribution in [-0.2, 0) is 6.54 Å². The summed E-state index contributed by atoms with van der Waals surface area (Å²) in [6.07, 6.45) is 3.73. The van der Waals surface area contributed by atoms with Crippen LogP contribution < -0.4 is 5.32 Å². The molecule has 3 rings (SSSR count). The van der Waals surface area contributed by atoms with Crippen LogP contribution >= 0.6 is 0 Å². The fourth-order valence-corrected chi connectivity index (χ4v) is 1.73. The van der Waals surface area contributed by atoms with Crippen LogP contribution in [0, 0.1) is 6.92 Å². The predicted octanol–water partition coefficient (Wildman–Crippen LogP) is 2.04. The Balaban J connectivity index is 1.79. The van der Waals surface area contributed by atoms with Gasteiger partial charge in [0, 0.05) is 12.4 Å². The average Bonchev–Trinajstić information content (AvgIpc) is 2.79. The minimum absolute atomic E-state index is 0.617. The second kappa shape index (κ2) is 4.44. The fraction of sp³-hybridized carbons (Fsp3) is 0.154. The number of fused-ring (bicyclic) bond motifs is 1. The third-order valence-corrected chi connectivity index (χ3v) is 2.63. The molecular weight excluding hydrogens is 226 g/mol. The Kier molecular flexibility index (Phi) is 2.64. The summed E-state index contributed by atoms with van der Waals surface area (Å²) in [6.45, 7) is 2.65. The molecule has 0 atom stereocenters. The van der Waals surface area contributed by atoms with Crippen molar-refractivity contribution in [3.63, 3.8) is 0 Å². The van der Waals surface area contributed by atoms with Crippen LogP contribution in [0.2, 0.25) is 0 Å². The normalized spacial score (nSPS) is 10.7. The zero-order valence-electron chi connectivity index (χ0n) is 10.0. The number of hydrogen-bond donors (Lipinski definition) is 1. The Labute approximate surface area is 105 Å². The van der Waals surface area contributed by atoms with Crippen molar-refractivity contribution >= 4 is 11.6 Å². The van der Waals surface area contributed by atoms with Gasteiger partial charge in [0.15, 0.2) is 5.65 Å². The van der Waals surface area contributed by atoms with Gasteiger partial charge in [-0.3, -0.25) is 4.98 Å². The van der Waals surface area contributed by atoms with Crippen LogP contribution in [0.3, 0.4) is 0 Å². The van der Waals surface area contributed by atoms with E-state index >= 15 is 0 Å². The lowest BCUT2D eigenvalue weighted by molar-refractivity contribution is 0.935. The Hall–Kier alpha value is -2.43. The molecule has 0 spiro atoms. The maximum atomic E-state index is 4.38. The van der Waals surface area contributed by atoms with E-state index in [1.807, 2.05) is 43.5 Å². The number of anilines is 1. The summed E-state index contributed by atoms with van der Waals surface area (Å²) >= 11 is 0. The Morgan fingerprint density at radius 3 is 3.00 bits per heavy atom. The van der Waals surface area contributed by atoms with E-state index in [0.717, 1.165) is 16.9 Å². The molecule has 90 valence electrons. The highest BCUT2D eigenvalue weighted by Gasteiger charge is 2.03. The highest BCUT2D eigenvalue weighted by Crippen LogP contribution is 2.07. The molecule has 5 nitrogen and oxygen atoms in total. The van der Waals surface area contributed by atoms with Crippen LogP contribution in [0.25, 0.3) is 5.65 Å². The maximum Gasteiger partial charge on any atom is 0.243 e. The van der Waals surface area contributed by atoms with Gasteiger partial charge in [0.2, 0.25) is 5.95 Å². The molecular formula is C13H13N5. The van der Waals surface area contributed by atoms with E-state index in [0.29, 0.717) is 12.5 Å². The van der Waals surface area contributed by atoms with Crippen molar-refractivity contribution in [3.8, 4) is 0 Å². The molecule has 0 saturated heterocycles. The van der Waals surface area contributed by atoms with E-state index in [4.69, 9.17) is 0 Å². The molecule has 3 aromatic heterocycles. The number of aromatic nitrogens is 4. The monoisotopic (exact) mass is 239 g/mol. The molecule has 0 aliphatic carbocycles. The van der Waals surface area contributed by atoms with Crippen LogP contribution in [0.5, 0.6) is 0 Å². The van der Waals surface area contributed by atoms with Crippen molar-refractivity contribution in [2.24, 2.45) is 0 Å². The van der Waals surface area contributed by atoms with Crippen molar-refractivity contribution in [1.82, 2.24) is 19.6 Å². The molecule has 0 fully saturated rings. The second-order valence-corrected chi connectivity index (χ2v) is 4.12. The first kappa shape index (κ1) is 10.7. The molecule has 0 bridgehead atoms. The van der Waals surface area contributed by atoms with Crippen LogP contribution in [-0.4, -0.2) is 19.6 Å². The fourth-order valence-electron chi connectivity index (χ4n) is 1.73. The standard InChI is InChI=1S/C13H13N5/c1-10-5-6-12-16-13(17-18(12)9-10)15-8-11-4-2-3-7-14-11/h2-7,9H,8H2,1H3,(H,15,17). The first-order chi connectivity index (χ1) is 8.81. The predicted molar refractivity (Wildman–Crippen MR) is 69.3 cm³/mol. The highest BCUT2D eigenvalue weighted by atomic mass is 15.3. The van der Waals surface area contributed by atoms with E-state index in [1.165, 1.54) is 0 Å². The Bertz CT molecular complexity index is 659. The smallest absolute Gasteiger partial charge is 0.243 e. The van der Waals surface area contributed by atoms with E-state index in [9.17, 15) is 0 Å². The molecule has 0 aromatic carbocycles.